The minimum atomic E-state index is 0.0296. The van der Waals surface area contributed by atoms with Crippen molar-refractivity contribution in [3.05, 3.63) is 126 Å². The number of aromatic nitrogens is 1. The molecular formula is C38H25BN2O. The minimum Gasteiger partial charge on any atom is -0.456 e. The maximum atomic E-state index is 6.64. The van der Waals surface area contributed by atoms with Crippen molar-refractivity contribution in [1.29, 1.82) is 0 Å². The fourth-order valence-electron chi connectivity index (χ4n) is 7.77. The van der Waals surface area contributed by atoms with Gasteiger partial charge < -0.3 is 13.8 Å². The number of aryl methyl sites for hydroxylation is 2. The number of benzene rings is 6. The van der Waals surface area contributed by atoms with Crippen molar-refractivity contribution >= 4 is 78.6 Å². The molecule has 4 heterocycles. The summed E-state index contributed by atoms with van der Waals surface area (Å²) in [6.07, 6.45) is 0. The van der Waals surface area contributed by atoms with Crippen molar-refractivity contribution in [2.45, 2.75) is 13.8 Å². The SMILES string of the molecule is Cc1ccc(N2c3ccc(C)cc3B3c4c2cc2oc5ccccc5c2c4-c2cccc4c5ccccc5n3c24)cc1. The van der Waals surface area contributed by atoms with Crippen LogP contribution in [-0.2, 0) is 0 Å². The van der Waals surface area contributed by atoms with Gasteiger partial charge in [-0.2, -0.15) is 0 Å². The zero-order chi connectivity index (χ0) is 27.7. The van der Waals surface area contributed by atoms with Crippen LogP contribution in [0.5, 0.6) is 0 Å². The molecule has 0 fully saturated rings. The Morgan fingerprint density at radius 2 is 1.38 bits per heavy atom. The van der Waals surface area contributed by atoms with E-state index >= 15 is 0 Å². The van der Waals surface area contributed by atoms with E-state index in [9.17, 15) is 0 Å². The van der Waals surface area contributed by atoms with Crippen LogP contribution < -0.4 is 15.8 Å². The van der Waals surface area contributed by atoms with Crippen molar-refractivity contribution in [2.75, 3.05) is 4.90 Å². The lowest BCUT2D eigenvalue weighted by Crippen LogP contribution is -2.56. The normalized spacial score (nSPS) is 13.4. The van der Waals surface area contributed by atoms with Crippen LogP contribution >= 0.6 is 0 Å². The molecule has 10 rings (SSSR count). The Hall–Kier alpha value is -5.22. The Kier molecular flexibility index (Phi) is 4.14. The largest absolute Gasteiger partial charge is 0.456 e. The van der Waals surface area contributed by atoms with Crippen LogP contribution in [-0.4, -0.2) is 11.3 Å². The molecule has 0 unspecified atom stereocenters. The fraction of sp³-hybridized carbons (Fsp3) is 0.0526. The summed E-state index contributed by atoms with van der Waals surface area (Å²) in [5.41, 5.74) is 15.7. The smallest absolute Gasteiger partial charge is 0.333 e. The summed E-state index contributed by atoms with van der Waals surface area (Å²) in [7, 11) is 0. The van der Waals surface area contributed by atoms with Crippen LogP contribution in [0.15, 0.2) is 120 Å². The highest BCUT2D eigenvalue weighted by molar-refractivity contribution is 6.90. The first-order valence-corrected chi connectivity index (χ1v) is 14.6. The molecule has 3 nitrogen and oxygen atoms in total. The zero-order valence-corrected chi connectivity index (χ0v) is 23.3. The van der Waals surface area contributed by atoms with Crippen LogP contribution in [0.1, 0.15) is 11.1 Å². The quantitative estimate of drug-likeness (QED) is 0.196. The highest BCUT2D eigenvalue weighted by Gasteiger charge is 2.44. The number of para-hydroxylation sites is 3. The second-order valence-electron chi connectivity index (χ2n) is 11.9. The van der Waals surface area contributed by atoms with Gasteiger partial charge in [0.05, 0.1) is 0 Å². The predicted octanol–water partition coefficient (Wildman–Crippen LogP) is 8.73. The third-order valence-corrected chi connectivity index (χ3v) is 9.47. The molecule has 0 amide bonds. The summed E-state index contributed by atoms with van der Waals surface area (Å²) < 4.78 is 9.26. The lowest BCUT2D eigenvalue weighted by molar-refractivity contribution is 0.669. The number of hydrogen-bond donors (Lipinski definition) is 0. The molecule has 0 atom stereocenters. The van der Waals surface area contributed by atoms with Crippen LogP contribution in [0.4, 0.5) is 17.1 Å². The van der Waals surface area contributed by atoms with Gasteiger partial charge in [0, 0.05) is 61.3 Å². The van der Waals surface area contributed by atoms with Gasteiger partial charge in [-0.05, 0) is 60.7 Å². The standard InChI is InChI=1S/C38H25BN2O/c1-22-14-17-24(18-15-22)40-31-19-16-23(2)20-29(31)39-37-32(40)21-34-35(27-9-4-6-13-33(27)42-34)36(37)28-11-7-10-26-25-8-3-5-12-30(25)41(39)38(26)28/h3-21H,1-2H3. The van der Waals surface area contributed by atoms with E-state index in [0.29, 0.717) is 0 Å². The topological polar surface area (TPSA) is 21.3 Å². The van der Waals surface area contributed by atoms with Crippen molar-refractivity contribution < 1.29 is 4.42 Å². The van der Waals surface area contributed by atoms with Crippen LogP contribution in [0.3, 0.4) is 0 Å². The number of nitrogens with zero attached hydrogens (tertiary/aromatic N) is 2. The zero-order valence-electron chi connectivity index (χ0n) is 23.3. The lowest BCUT2D eigenvalue weighted by Gasteiger charge is -2.40. The molecule has 2 aliphatic rings. The average molecular weight is 536 g/mol. The molecule has 6 aromatic carbocycles. The fourth-order valence-corrected chi connectivity index (χ4v) is 7.77. The Balaban J connectivity index is 1.48. The second-order valence-corrected chi connectivity index (χ2v) is 11.9. The molecular weight excluding hydrogens is 511 g/mol. The molecule has 0 N–H and O–H groups in total. The van der Waals surface area contributed by atoms with E-state index in [-0.39, 0.29) is 6.85 Å². The van der Waals surface area contributed by atoms with E-state index in [4.69, 9.17) is 4.42 Å². The number of hydrogen-bond acceptors (Lipinski definition) is 2. The Labute approximate surface area is 243 Å². The molecule has 2 aliphatic heterocycles. The molecule has 0 spiro atoms. The van der Waals surface area contributed by atoms with Gasteiger partial charge in [-0.1, -0.05) is 90.0 Å². The minimum absolute atomic E-state index is 0.0296. The van der Waals surface area contributed by atoms with Crippen molar-refractivity contribution in [1.82, 2.24) is 4.48 Å². The maximum absolute atomic E-state index is 6.64. The predicted molar refractivity (Wildman–Crippen MR) is 177 cm³/mol. The molecule has 2 aromatic heterocycles. The first kappa shape index (κ1) is 22.5. The van der Waals surface area contributed by atoms with Crippen LogP contribution in [0.25, 0.3) is 54.9 Å². The summed E-state index contributed by atoms with van der Waals surface area (Å²) in [5, 5.41) is 4.98. The number of anilines is 3. The van der Waals surface area contributed by atoms with E-state index in [1.165, 1.54) is 77.1 Å². The van der Waals surface area contributed by atoms with Gasteiger partial charge in [0.25, 0.3) is 0 Å². The highest BCUT2D eigenvalue weighted by Crippen LogP contribution is 2.49. The number of fused-ring (bicyclic) bond motifs is 11. The van der Waals surface area contributed by atoms with Crippen molar-refractivity contribution in [2.24, 2.45) is 0 Å². The van der Waals surface area contributed by atoms with Crippen LogP contribution in [0, 0.1) is 13.8 Å². The first-order valence-electron chi connectivity index (χ1n) is 14.6. The summed E-state index contributed by atoms with van der Waals surface area (Å²) in [6.45, 7) is 4.39. The van der Waals surface area contributed by atoms with E-state index in [1.54, 1.807) is 0 Å². The lowest BCUT2D eigenvalue weighted by atomic mass is 9.44. The van der Waals surface area contributed by atoms with E-state index in [1.807, 2.05) is 0 Å². The Morgan fingerprint density at radius 3 is 2.26 bits per heavy atom. The maximum Gasteiger partial charge on any atom is 0.333 e. The van der Waals surface area contributed by atoms with E-state index in [2.05, 4.69) is 138 Å². The Bertz CT molecular complexity index is 2450. The number of rotatable bonds is 1. The molecule has 42 heavy (non-hydrogen) atoms. The van der Waals surface area contributed by atoms with Gasteiger partial charge in [-0.25, -0.2) is 0 Å². The molecule has 196 valence electrons. The van der Waals surface area contributed by atoms with Crippen molar-refractivity contribution in [3.63, 3.8) is 0 Å². The van der Waals surface area contributed by atoms with Gasteiger partial charge in [0.1, 0.15) is 11.2 Å². The van der Waals surface area contributed by atoms with E-state index < -0.39 is 0 Å². The molecule has 0 aliphatic carbocycles. The van der Waals surface area contributed by atoms with Gasteiger partial charge >= 0.3 is 6.85 Å². The van der Waals surface area contributed by atoms with Crippen molar-refractivity contribution in [3.8, 4) is 11.1 Å². The van der Waals surface area contributed by atoms with Gasteiger partial charge in [-0.15, -0.1) is 0 Å². The Morgan fingerprint density at radius 1 is 0.619 bits per heavy atom. The highest BCUT2D eigenvalue weighted by atomic mass is 16.3. The number of furan rings is 1. The van der Waals surface area contributed by atoms with Gasteiger partial charge in [0.15, 0.2) is 0 Å². The van der Waals surface area contributed by atoms with Gasteiger partial charge in [0.2, 0.25) is 0 Å². The summed E-state index contributed by atoms with van der Waals surface area (Å²) in [6, 6.07) is 42.4. The first-order chi connectivity index (χ1) is 20.7. The molecule has 8 aromatic rings. The monoisotopic (exact) mass is 536 g/mol. The third-order valence-electron chi connectivity index (χ3n) is 9.47. The van der Waals surface area contributed by atoms with Crippen LogP contribution in [0.2, 0.25) is 0 Å². The summed E-state index contributed by atoms with van der Waals surface area (Å²) in [5.74, 6) is 0. The molecule has 0 radical (unpaired) electrons. The molecule has 4 heteroatoms. The summed E-state index contributed by atoms with van der Waals surface area (Å²) in [4.78, 5) is 2.45. The second kappa shape index (κ2) is 7.74. The molecule has 0 saturated carbocycles. The van der Waals surface area contributed by atoms with Gasteiger partial charge in [-0.3, -0.25) is 0 Å². The molecule has 0 saturated heterocycles. The van der Waals surface area contributed by atoms with E-state index in [0.717, 1.165) is 16.9 Å². The average Bonchev–Trinajstić information content (AvgIpc) is 3.56. The molecule has 0 bridgehead atoms. The third kappa shape index (κ3) is 2.68. The summed E-state index contributed by atoms with van der Waals surface area (Å²) >= 11 is 0.